The molecule has 0 saturated carbocycles. The molecule has 9 heteroatoms. The van der Waals surface area contributed by atoms with Gasteiger partial charge in [0.25, 0.3) is 5.56 Å². The number of rotatable bonds is 6. The van der Waals surface area contributed by atoms with E-state index < -0.39 is 11.2 Å². The number of fused-ring (bicyclic) bond motifs is 1. The zero-order valence-electron chi connectivity index (χ0n) is 17.7. The number of benzene rings is 2. The van der Waals surface area contributed by atoms with Crippen molar-refractivity contribution in [1.29, 1.82) is 0 Å². The van der Waals surface area contributed by atoms with Crippen molar-refractivity contribution in [3.63, 3.8) is 0 Å². The molecule has 0 aliphatic heterocycles. The van der Waals surface area contributed by atoms with Crippen LogP contribution in [-0.2, 0) is 20.6 Å². The van der Waals surface area contributed by atoms with Gasteiger partial charge in [0.05, 0.1) is 20.8 Å². The largest absolute Gasteiger partial charge is 0.497 e. The van der Waals surface area contributed by atoms with Gasteiger partial charge in [0, 0.05) is 20.2 Å². The summed E-state index contributed by atoms with van der Waals surface area (Å²) in [5.74, 6) is 1.80. The van der Waals surface area contributed by atoms with E-state index in [4.69, 9.17) is 14.2 Å². The Morgan fingerprint density at radius 1 is 0.871 bits per heavy atom. The van der Waals surface area contributed by atoms with Crippen LogP contribution in [0.1, 0.15) is 5.56 Å². The van der Waals surface area contributed by atoms with E-state index in [-0.39, 0.29) is 17.2 Å². The number of aromatic nitrogens is 4. The number of methoxy groups -OCH3 is 2. The van der Waals surface area contributed by atoms with Crippen LogP contribution >= 0.6 is 0 Å². The second kappa shape index (κ2) is 8.02. The van der Waals surface area contributed by atoms with E-state index in [0.29, 0.717) is 23.8 Å². The quantitative estimate of drug-likeness (QED) is 0.474. The van der Waals surface area contributed by atoms with Crippen LogP contribution in [0.3, 0.4) is 0 Å². The van der Waals surface area contributed by atoms with Crippen molar-refractivity contribution in [1.82, 2.24) is 18.7 Å². The molecule has 0 unspecified atom stereocenters. The van der Waals surface area contributed by atoms with E-state index in [2.05, 4.69) is 4.98 Å². The summed E-state index contributed by atoms with van der Waals surface area (Å²) in [6.45, 7) is 0.292. The van der Waals surface area contributed by atoms with Crippen LogP contribution < -0.4 is 25.5 Å². The number of ether oxygens (including phenoxy) is 3. The molecule has 2 heterocycles. The SMILES string of the molecule is COc1cccc(Cn2c(Oc3cccc(OC)c3)nc3c2c(=O)n(C)c(=O)n3C)c1. The molecule has 160 valence electrons. The van der Waals surface area contributed by atoms with Crippen LogP contribution in [-0.4, -0.2) is 32.9 Å². The Kier molecular flexibility index (Phi) is 5.24. The van der Waals surface area contributed by atoms with E-state index in [1.807, 2.05) is 24.3 Å². The van der Waals surface area contributed by atoms with Gasteiger partial charge >= 0.3 is 11.7 Å². The molecule has 31 heavy (non-hydrogen) atoms. The molecule has 2 aromatic heterocycles. The van der Waals surface area contributed by atoms with Crippen LogP contribution in [0.25, 0.3) is 11.2 Å². The number of imidazole rings is 1. The van der Waals surface area contributed by atoms with Crippen LogP contribution in [0.2, 0.25) is 0 Å². The lowest BCUT2D eigenvalue weighted by Gasteiger charge is -2.11. The maximum absolute atomic E-state index is 13.0. The Balaban J connectivity index is 1.92. The monoisotopic (exact) mass is 422 g/mol. The molecular formula is C22H22N4O5. The highest BCUT2D eigenvalue weighted by Crippen LogP contribution is 2.28. The Bertz CT molecular complexity index is 1380. The summed E-state index contributed by atoms with van der Waals surface area (Å²) in [5.41, 5.74) is 0.481. The van der Waals surface area contributed by atoms with Gasteiger partial charge in [-0.05, 0) is 29.8 Å². The van der Waals surface area contributed by atoms with Gasteiger partial charge in [0.1, 0.15) is 17.2 Å². The zero-order valence-corrected chi connectivity index (χ0v) is 17.7. The highest BCUT2D eigenvalue weighted by molar-refractivity contribution is 5.72. The molecule has 0 spiro atoms. The van der Waals surface area contributed by atoms with Gasteiger partial charge in [0.2, 0.25) is 0 Å². The van der Waals surface area contributed by atoms with E-state index in [0.717, 1.165) is 10.1 Å². The van der Waals surface area contributed by atoms with E-state index in [1.54, 1.807) is 50.1 Å². The van der Waals surface area contributed by atoms with Gasteiger partial charge in [-0.25, -0.2) is 4.79 Å². The Morgan fingerprint density at radius 2 is 1.52 bits per heavy atom. The third-order valence-electron chi connectivity index (χ3n) is 5.04. The number of hydrogen-bond donors (Lipinski definition) is 0. The molecular weight excluding hydrogens is 400 g/mol. The fourth-order valence-electron chi connectivity index (χ4n) is 3.37. The van der Waals surface area contributed by atoms with Crippen molar-refractivity contribution >= 4 is 11.2 Å². The average Bonchev–Trinajstić information content (AvgIpc) is 3.14. The van der Waals surface area contributed by atoms with Gasteiger partial charge in [-0.1, -0.05) is 18.2 Å². The number of nitrogens with zero attached hydrogens (tertiary/aromatic N) is 4. The Labute approximate surface area is 177 Å². The van der Waals surface area contributed by atoms with Crippen LogP contribution in [0, 0.1) is 0 Å². The normalized spacial score (nSPS) is 11.0. The topological polar surface area (TPSA) is 89.5 Å². The molecule has 2 aromatic carbocycles. The summed E-state index contributed by atoms with van der Waals surface area (Å²) in [6, 6.07) is 14.7. The number of hydrogen-bond acceptors (Lipinski definition) is 6. The van der Waals surface area contributed by atoms with Crippen molar-refractivity contribution in [3.8, 4) is 23.3 Å². The first-order valence-electron chi connectivity index (χ1n) is 9.54. The van der Waals surface area contributed by atoms with Crippen molar-refractivity contribution < 1.29 is 14.2 Å². The van der Waals surface area contributed by atoms with E-state index in [9.17, 15) is 9.59 Å². The van der Waals surface area contributed by atoms with Crippen LogP contribution in [0.15, 0.2) is 58.1 Å². The molecule has 0 atom stereocenters. The lowest BCUT2D eigenvalue weighted by Crippen LogP contribution is -2.37. The fourth-order valence-corrected chi connectivity index (χ4v) is 3.37. The van der Waals surface area contributed by atoms with Crippen molar-refractivity contribution in [2.45, 2.75) is 6.54 Å². The number of aryl methyl sites for hydroxylation is 1. The molecule has 9 nitrogen and oxygen atoms in total. The predicted octanol–water partition coefficient (Wildman–Crippen LogP) is 2.29. The molecule has 4 rings (SSSR count). The van der Waals surface area contributed by atoms with Crippen LogP contribution in [0.4, 0.5) is 0 Å². The summed E-state index contributed by atoms with van der Waals surface area (Å²) in [5, 5.41) is 0. The standard InChI is InChI=1S/C22H22N4O5/c1-24-19-18(20(27)25(2)22(24)28)26(13-14-7-5-8-15(11-14)29-3)21(23-19)31-17-10-6-9-16(12-17)30-4/h5-12H,13H2,1-4H3. The summed E-state index contributed by atoms with van der Waals surface area (Å²) in [4.78, 5) is 29.9. The smallest absolute Gasteiger partial charge is 0.332 e. The van der Waals surface area contributed by atoms with E-state index in [1.165, 1.54) is 11.6 Å². The van der Waals surface area contributed by atoms with Crippen molar-refractivity contribution in [2.75, 3.05) is 14.2 Å². The molecule has 0 saturated heterocycles. The van der Waals surface area contributed by atoms with Gasteiger partial charge in [-0.3, -0.25) is 18.5 Å². The highest BCUT2D eigenvalue weighted by Gasteiger charge is 2.21. The fraction of sp³-hybridized carbons (Fsp3) is 0.227. The Hall–Kier alpha value is -4.01. The second-order valence-electron chi connectivity index (χ2n) is 6.99. The maximum Gasteiger partial charge on any atom is 0.332 e. The van der Waals surface area contributed by atoms with Crippen LogP contribution in [0.5, 0.6) is 23.3 Å². The summed E-state index contributed by atoms with van der Waals surface area (Å²) >= 11 is 0. The summed E-state index contributed by atoms with van der Waals surface area (Å²) in [7, 11) is 6.17. The first-order chi connectivity index (χ1) is 14.9. The Morgan fingerprint density at radius 3 is 2.23 bits per heavy atom. The van der Waals surface area contributed by atoms with Gasteiger partial charge in [-0.15, -0.1) is 0 Å². The molecule has 0 radical (unpaired) electrons. The molecule has 0 aliphatic carbocycles. The first-order valence-corrected chi connectivity index (χ1v) is 9.54. The molecule has 0 amide bonds. The minimum absolute atomic E-state index is 0.185. The third-order valence-corrected chi connectivity index (χ3v) is 5.04. The van der Waals surface area contributed by atoms with Crippen molar-refractivity contribution in [3.05, 3.63) is 74.9 Å². The molecule has 4 aromatic rings. The van der Waals surface area contributed by atoms with E-state index >= 15 is 0 Å². The third kappa shape index (κ3) is 3.65. The first kappa shape index (κ1) is 20.3. The van der Waals surface area contributed by atoms with Gasteiger partial charge in [-0.2, -0.15) is 4.98 Å². The second-order valence-corrected chi connectivity index (χ2v) is 6.99. The van der Waals surface area contributed by atoms with Crippen molar-refractivity contribution in [2.24, 2.45) is 14.1 Å². The lowest BCUT2D eigenvalue weighted by atomic mass is 10.2. The summed E-state index contributed by atoms with van der Waals surface area (Å²) in [6.07, 6.45) is 0. The minimum Gasteiger partial charge on any atom is -0.497 e. The predicted molar refractivity (Wildman–Crippen MR) is 115 cm³/mol. The van der Waals surface area contributed by atoms with Gasteiger partial charge in [0.15, 0.2) is 11.2 Å². The lowest BCUT2D eigenvalue weighted by molar-refractivity contribution is 0.398. The highest BCUT2D eigenvalue weighted by atomic mass is 16.5. The average molecular weight is 422 g/mol. The molecule has 0 N–H and O–H groups in total. The van der Waals surface area contributed by atoms with Gasteiger partial charge < -0.3 is 14.2 Å². The minimum atomic E-state index is -0.462. The zero-order chi connectivity index (χ0) is 22.1. The summed E-state index contributed by atoms with van der Waals surface area (Å²) < 4.78 is 20.6. The maximum atomic E-state index is 13.0. The molecule has 0 aliphatic rings. The molecule has 0 fully saturated rings. The molecule has 0 bridgehead atoms.